The van der Waals surface area contributed by atoms with E-state index in [-0.39, 0.29) is 0 Å². The number of nitrogens with zero attached hydrogens (tertiary/aromatic N) is 2. The van der Waals surface area contributed by atoms with Gasteiger partial charge >= 0.3 is 0 Å². The third kappa shape index (κ3) is 3.83. The summed E-state index contributed by atoms with van der Waals surface area (Å²) in [4.78, 5) is 4.18. The highest BCUT2D eigenvalue weighted by Crippen LogP contribution is 2.06. The normalized spacial score (nSPS) is 13.1. The van der Waals surface area contributed by atoms with Gasteiger partial charge in [0.05, 0.1) is 0 Å². The first kappa shape index (κ1) is 10.6. The van der Waals surface area contributed by atoms with Crippen LogP contribution in [0.15, 0.2) is 6.33 Å². The highest BCUT2D eigenvalue weighted by molar-refractivity contribution is 7.05. The van der Waals surface area contributed by atoms with Crippen LogP contribution >= 0.6 is 11.5 Å². The van der Waals surface area contributed by atoms with E-state index < -0.39 is 0 Å². The molecule has 1 atom stereocenters. The molecule has 74 valence electrons. The van der Waals surface area contributed by atoms with E-state index in [0.29, 0.717) is 6.04 Å². The first-order chi connectivity index (χ1) is 6.36. The first-order valence-electron chi connectivity index (χ1n) is 4.85. The van der Waals surface area contributed by atoms with Crippen LogP contribution in [0.4, 0.5) is 0 Å². The smallest absolute Gasteiger partial charge is 0.129 e. The van der Waals surface area contributed by atoms with Crippen molar-refractivity contribution in [2.45, 2.75) is 39.2 Å². The molecule has 0 spiro atoms. The molecule has 0 fully saturated rings. The monoisotopic (exact) mass is 199 g/mol. The Bertz CT molecular complexity index is 211. The molecule has 1 aromatic rings. The second-order valence-corrected chi connectivity index (χ2v) is 3.96. The van der Waals surface area contributed by atoms with Crippen molar-refractivity contribution in [3.05, 3.63) is 11.3 Å². The van der Waals surface area contributed by atoms with Gasteiger partial charge < -0.3 is 5.32 Å². The molecule has 3 nitrogen and oxygen atoms in total. The third-order valence-electron chi connectivity index (χ3n) is 2.00. The molecule has 0 aromatic carbocycles. The maximum absolute atomic E-state index is 4.18. The predicted molar refractivity (Wildman–Crippen MR) is 56.0 cm³/mol. The number of rotatable bonds is 6. The highest BCUT2D eigenvalue weighted by atomic mass is 32.1. The van der Waals surface area contributed by atoms with Crippen molar-refractivity contribution >= 4 is 11.5 Å². The Morgan fingerprint density at radius 3 is 2.92 bits per heavy atom. The lowest BCUT2D eigenvalue weighted by Crippen LogP contribution is -2.30. The van der Waals surface area contributed by atoms with Crippen molar-refractivity contribution in [3.63, 3.8) is 0 Å². The van der Waals surface area contributed by atoms with Gasteiger partial charge in [-0.3, -0.25) is 0 Å². The SMILES string of the molecule is CCCNC(CC)Cc1ncns1. The lowest BCUT2D eigenvalue weighted by atomic mass is 10.1. The van der Waals surface area contributed by atoms with Crippen LogP contribution in [0.5, 0.6) is 0 Å². The Hall–Kier alpha value is -0.480. The Balaban J connectivity index is 2.31. The van der Waals surface area contributed by atoms with Crippen LogP contribution in [0.1, 0.15) is 31.7 Å². The molecular formula is C9H17N3S. The zero-order chi connectivity index (χ0) is 9.52. The topological polar surface area (TPSA) is 37.8 Å². The molecule has 0 amide bonds. The van der Waals surface area contributed by atoms with Crippen LogP contribution < -0.4 is 5.32 Å². The molecule has 0 bridgehead atoms. The Morgan fingerprint density at radius 1 is 1.54 bits per heavy atom. The standard InChI is InChI=1S/C9H17N3S/c1-3-5-10-8(4-2)6-9-11-7-12-13-9/h7-8,10H,3-6H2,1-2H3. The molecule has 0 saturated carbocycles. The Labute approximate surface area is 83.8 Å². The van der Waals surface area contributed by atoms with Crippen molar-refractivity contribution in [2.24, 2.45) is 0 Å². The van der Waals surface area contributed by atoms with E-state index >= 15 is 0 Å². The van der Waals surface area contributed by atoms with Crippen LogP contribution in [0, 0.1) is 0 Å². The van der Waals surface area contributed by atoms with Crippen molar-refractivity contribution < 1.29 is 0 Å². The van der Waals surface area contributed by atoms with Crippen LogP contribution in [-0.4, -0.2) is 21.9 Å². The van der Waals surface area contributed by atoms with Crippen molar-refractivity contribution in [2.75, 3.05) is 6.54 Å². The maximum Gasteiger partial charge on any atom is 0.129 e. The van der Waals surface area contributed by atoms with Crippen molar-refractivity contribution in [1.82, 2.24) is 14.7 Å². The van der Waals surface area contributed by atoms with Gasteiger partial charge in [0.15, 0.2) is 0 Å². The number of nitrogens with one attached hydrogen (secondary N) is 1. The molecule has 4 heteroatoms. The van der Waals surface area contributed by atoms with Gasteiger partial charge in [0.2, 0.25) is 0 Å². The quantitative estimate of drug-likeness (QED) is 0.760. The van der Waals surface area contributed by atoms with Gasteiger partial charge in [-0.2, -0.15) is 4.37 Å². The summed E-state index contributed by atoms with van der Waals surface area (Å²) in [6.07, 6.45) is 4.99. The maximum atomic E-state index is 4.18. The van der Waals surface area contributed by atoms with Gasteiger partial charge in [-0.15, -0.1) is 0 Å². The molecule has 0 saturated heterocycles. The largest absolute Gasteiger partial charge is 0.314 e. The van der Waals surface area contributed by atoms with Gasteiger partial charge in [0, 0.05) is 12.5 Å². The third-order valence-corrected chi connectivity index (χ3v) is 2.69. The fourth-order valence-corrected chi connectivity index (χ4v) is 1.79. The van der Waals surface area contributed by atoms with Crippen molar-refractivity contribution in [3.8, 4) is 0 Å². The van der Waals surface area contributed by atoms with E-state index in [0.717, 1.165) is 24.4 Å². The van der Waals surface area contributed by atoms with Crippen LogP contribution in [0.25, 0.3) is 0 Å². The molecule has 0 aliphatic carbocycles. The van der Waals surface area contributed by atoms with Gasteiger partial charge in [0.25, 0.3) is 0 Å². The summed E-state index contributed by atoms with van der Waals surface area (Å²) in [5.41, 5.74) is 0. The van der Waals surface area contributed by atoms with Crippen LogP contribution in [0.2, 0.25) is 0 Å². The van der Waals surface area contributed by atoms with E-state index in [1.54, 1.807) is 6.33 Å². The molecule has 1 unspecified atom stereocenters. The molecule has 0 aliphatic heterocycles. The zero-order valence-electron chi connectivity index (χ0n) is 8.29. The molecule has 1 N–H and O–H groups in total. The Morgan fingerprint density at radius 2 is 2.38 bits per heavy atom. The molecule has 1 rings (SSSR count). The van der Waals surface area contributed by atoms with E-state index in [1.165, 1.54) is 18.0 Å². The highest BCUT2D eigenvalue weighted by Gasteiger charge is 2.07. The Kier molecular flexibility index (Phi) is 4.93. The second kappa shape index (κ2) is 6.05. The van der Waals surface area contributed by atoms with E-state index in [4.69, 9.17) is 0 Å². The summed E-state index contributed by atoms with van der Waals surface area (Å²) >= 11 is 1.50. The van der Waals surface area contributed by atoms with Gasteiger partial charge in [-0.05, 0) is 30.9 Å². The van der Waals surface area contributed by atoms with Crippen LogP contribution in [0.3, 0.4) is 0 Å². The lowest BCUT2D eigenvalue weighted by Gasteiger charge is -2.14. The molecule has 0 aliphatic rings. The van der Waals surface area contributed by atoms with Crippen LogP contribution in [-0.2, 0) is 6.42 Å². The number of hydrogen-bond acceptors (Lipinski definition) is 4. The summed E-state index contributed by atoms with van der Waals surface area (Å²) in [6, 6.07) is 0.563. The molecule has 1 heterocycles. The predicted octanol–water partition coefficient (Wildman–Crippen LogP) is 1.86. The summed E-state index contributed by atoms with van der Waals surface area (Å²) in [7, 11) is 0. The summed E-state index contributed by atoms with van der Waals surface area (Å²) in [6.45, 7) is 5.48. The molecule has 0 radical (unpaired) electrons. The van der Waals surface area contributed by atoms with E-state index in [9.17, 15) is 0 Å². The molecular weight excluding hydrogens is 182 g/mol. The molecule has 13 heavy (non-hydrogen) atoms. The fraction of sp³-hybridized carbons (Fsp3) is 0.778. The van der Waals surface area contributed by atoms with Crippen molar-refractivity contribution in [1.29, 1.82) is 0 Å². The molecule has 1 aromatic heterocycles. The zero-order valence-corrected chi connectivity index (χ0v) is 9.10. The van der Waals surface area contributed by atoms with E-state index in [1.807, 2.05) is 0 Å². The number of aromatic nitrogens is 2. The van der Waals surface area contributed by atoms with E-state index in [2.05, 4.69) is 28.5 Å². The van der Waals surface area contributed by atoms with Gasteiger partial charge in [-0.1, -0.05) is 13.8 Å². The minimum absolute atomic E-state index is 0.563. The first-order valence-corrected chi connectivity index (χ1v) is 5.63. The summed E-state index contributed by atoms with van der Waals surface area (Å²) < 4.78 is 3.99. The minimum Gasteiger partial charge on any atom is -0.314 e. The average Bonchev–Trinajstić information content (AvgIpc) is 2.64. The average molecular weight is 199 g/mol. The summed E-state index contributed by atoms with van der Waals surface area (Å²) in [5.74, 6) is 0. The minimum atomic E-state index is 0.563. The van der Waals surface area contributed by atoms with Gasteiger partial charge in [0.1, 0.15) is 11.3 Å². The fourth-order valence-electron chi connectivity index (χ4n) is 1.21. The number of hydrogen-bond donors (Lipinski definition) is 1. The lowest BCUT2D eigenvalue weighted by molar-refractivity contribution is 0.494. The second-order valence-electron chi connectivity index (χ2n) is 3.10. The summed E-state index contributed by atoms with van der Waals surface area (Å²) in [5, 5.41) is 4.63. The van der Waals surface area contributed by atoms with Gasteiger partial charge in [-0.25, -0.2) is 4.98 Å².